The fourth-order valence-electron chi connectivity index (χ4n) is 4.15. The number of carbonyl (C=O) groups is 1. The summed E-state index contributed by atoms with van der Waals surface area (Å²) in [6.45, 7) is 4.52. The van der Waals surface area contributed by atoms with E-state index in [1.54, 1.807) is 0 Å². The van der Waals surface area contributed by atoms with Gasteiger partial charge in [-0.1, -0.05) is 12.2 Å². The Morgan fingerprint density at radius 2 is 1.75 bits per heavy atom. The summed E-state index contributed by atoms with van der Waals surface area (Å²) < 4.78 is 0. The summed E-state index contributed by atoms with van der Waals surface area (Å²) in [7, 11) is 2.22. The fraction of sp³-hybridized carbons (Fsp3) is 0.824. The van der Waals surface area contributed by atoms with Gasteiger partial charge >= 0.3 is 0 Å². The maximum Gasteiger partial charge on any atom is 0.226 e. The summed E-state index contributed by atoms with van der Waals surface area (Å²) in [5.41, 5.74) is 0. The zero-order chi connectivity index (χ0) is 13.9. The molecule has 112 valence electrons. The number of piperidine rings is 1. The zero-order valence-electron chi connectivity index (χ0n) is 12.8. The van der Waals surface area contributed by atoms with E-state index >= 15 is 0 Å². The first-order valence-corrected chi connectivity index (χ1v) is 8.36. The average molecular weight is 276 g/mol. The van der Waals surface area contributed by atoms with E-state index in [1.807, 2.05) is 0 Å². The van der Waals surface area contributed by atoms with Crippen molar-refractivity contribution in [2.45, 2.75) is 38.5 Å². The lowest BCUT2D eigenvalue weighted by Gasteiger charge is -2.32. The van der Waals surface area contributed by atoms with Crippen LogP contribution < -0.4 is 0 Å². The van der Waals surface area contributed by atoms with Crippen LogP contribution in [0.25, 0.3) is 0 Å². The van der Waals surface area contributed by atoms with Gasteiger partial charge in [0.05, 0.1) is 0 Å². The molecule has 0 bridgehead atoms. The highest BCUT2D eigenvalue weighted by Crippen LogP contribution is 2.33. The van der Waals surface area contributed by atoms with Crippen molar-refractivity contribution in [3.63, 3.8) is 0 Å². The highest BCUT2D eigenvalue weighted by atomic mass is 16.2. The molecule has 3 aliphatic rings. The Hall–Kier alpha value is -0.830. The Kier molecular flexibility index (Phi) is 4.45. The fourth-order valence-corrected chi connectivity index (χ4v) is 4.15. The van der Waals surface area contributed by atoms with Crippen molar-refractivity contribution in [2.24, 2.45) is 17.8 Å². The van der Waals surface area contributed by atoms with Crippen LogP contribution in [0, 0.1) is 17.8 Å². The Morgan fingerprint density at radius 1 is 1.00 bits per heavy atom. The Morgan fingerprint density at radius 3 is 2.45 bits per heavy atom. The summed E-state index contributed by atoms with van der Waals surface area (Å²) in [6, 6.07) is 0. The molecular weight excluding hydrogens is 248 g/mol. The maximum atomic E-state index is 12.6. The summed E-state index contributed by atoms with van der Waals surface area (Å²) in [6.07, 6.45) is 11.4. The molecule has 0 N–H and O–H groups in total. The van der Waals surface area contributed by atoms with Gasteiger partial charge in [-0.15, -0.1) is 0 Å². The summed E-state index contributed by atoms with van der Waals surface area (Å²) in [5, 5.41) is 0. The molecule has 0 spiro atoms. The van der Waals surface area contributed by atoms with Crippen molar-refractivity contribution in [1.29, 1.82) is 0 Å². The van der Waals surface area contributed by atoms with Gasteiger partial charge in [0.2, 0.25) is 5.91 Å². The minimum absolute atomic E-state index is 0.274. The SMILES string of the molecule is CN1CCC(C2CCN(C(=O)C3CC=CCC3)C2)CC1. The van der Waals surface area contributed by atoms with E-state index in [1.165, 1.54) is 32.4 Å². The number of allylic oxidation sites excluding steroid dienone is 2. The average Bonchev–Trinajstić information content (AvgIpc) is 2.98. The number of amides is 1. The molecule has 0 radical (unpaired) electrons. The van der Waals surface area contributed by atoms with Gasteiger partial charge in [0, 0.05) is 19.0 Å². The highest BCUT2D eigenvalue weighted by Gasteiger charge is 2.35. The maximum absolute atomic E-state index is 12.6. The van der Waals surface area contributed by atoms with Crippen LogP contribution in [0.2, 0.25) is 0 Å². The van der Waals surface area contributed by atoms with Gasteiger partial charge in [-0.3, -0.25) is 4.79 Å². The van der Waals surface area contributed by atoms with Gasteiger partial charge in [0.25, 0.3) is 0 Å². The number of carbonyl (C=O) groups excluding carboxylic acids is 1. The number of nitrogens with zero attached hydrogens (tertiary/aromatic N) is 2. The smallest absolute Gasteiger partial charge is 0.226 e. The minimum atomic E-state index is 0.274. The zero-order valence-corrected chi connectivity index (χ0v) is 12.8. The number of likely N-dealkylation sites (tertiary alicyclic amines) is 2. The normalized spacial score (nSPS) is 32.8. The molecule has 2 aliphatic heterocycles. The second-order valence-electron chi connectivity index (χ2n) is 6.96. The number of rotatable bonds is 2. The van der Waals surface area contributed by atoms with E-state index in [-0.39, 0.29) is 5.92 Å². The first-order chi connectivity index (χ1) is 9.74. The lowest BCUT2D eigenvalue weighted by Crippen LogP contribution is -2.37. The van der Waals surface area contributed by atoms with Crippen LogP contribution in [-0.4, -0.2) is 48.9 Å². The van der Waals surface area contributed by atoms with Crippen LogP contribution in [0.1, 0.15) is 38.5 Å². The van der Waals surface area contributed by atoms with Crippen LogP contribution in [0.3, 0.4) is 0 Å². The van der Waals surface area contributed by atoms with Gasteiger partial charge < -0.3 is 9.80 Å². The van der Waals surface area contributed by atoms with Gasteiger partial charge in [-0.25, -0.2) is 0 Å². The topological polar surface area (TPSA) is 23.6 Å². The predicted molar refractivity (Wildman–Crippen MR) is 81.4 cm³/mol. The molecule has 20 heavy (non-hydrogen) atoms. The molecular formula is C17H28N2O. The van der Waals surface area contributed by atoms with Gasteiger partial charge in [0.15, 0.2) is 0 Å². The van der Waals surface area contributed by atoms with Gasteiger partial charge in [-0.2, -0.15) is 0 Å². The summed E-state index contributed by atoms with van der Waals surface area (Å²) in [5.74, 6) is 2.34. The van der Waals surface area contributed by atoms with Crippen molar-refractivity contribution in [1.82, 2.24) is 9.80 Å². The highest BCUT2D eigenvalue weighted by molar-refractivity contribution is 5.79. The molecule has 1 amide bonds. The van der Waals surface area contributed by atoms with Crippen LogP contribution in [0.15, 0.2) is 12.2 Å². The molecule has 3 rings (SSSR count). The van der Waals surface area contributed by atoms with Crippen LogP contribution >= 0.6 is 0 Å². The van der Waals surface area contributed by atoms with Crippen molar-refractivity contribution in [3.8, 4) is 0 Å². The molecule has 3 nitrogen and oxygen atoms in total. The van der Waals surface area contributed by atoms with E-state index < -0.39 is 0 Å². The first-order valence-electron chi connectivity index (χ1n) is 8.36. The Balaban J connectivity index is 1.51. The number of hydrogen-bond donors (Lipinski definition) is 0. The minimum Gasteiger partial charge on any atom is -0.342 e. The van der Waals surface area contributed by atoms with Crippen LogP contribution in [-0.2, 0) is 4.79 Å². The molecule has 2 atom stereocenters. The molecule has 0 aromatic carbocycles. The third-order valence-electron chi connectivity index (χ3n) is 5.58. The van der Waals surface area contributed by atoms with Crippen molar-refractivity contribution in [2.75, 3.05) is 33.2 Å². The van der Waals surface area contributed by atoms with E-state index in [0.717, 1.165) is 44.2 Å². The second-order valence-corrected chi connectivity index (χ2v) is 6.96. The summed E-state index contributed by atoms with van der Waals surface area (Å²) in [4.78, 5) is 17.2. The first kappa shape index (κ1) is 14.1. The number of hydrogen-bond acceptors (Lipinski definition) is 2. The lowest BCUT2D eigenvalue weighted by molar-refractivity contribution is -0.134. The molecule has 1 aliphatic carbocycles. The van der Waals surface area contributed by atoms with Crippen LogP contribution in [0.5, 0.6) is 0 Å². The van der Waals surface area contributed by atoms with Crippen molar-refractivity contribution in [3.05, 3.63) is 12.2 Å². The Labute approximate surface area is 123 Å². The van der Waals surface area contributed by atoms with E-state index in [0.29, 0.717) is 5.91 Å². The van der Waals surface area contributed by atoms with E-state index in [9.17, 15) is 4.79 Å². The molecule has 0 aromatic heterocycles. The molecule has 0 aromatic rings. The van der Waals surface area contributed by atoms with Gasteiger partial charge in [-0.05, 0) is 70.5 Å². The van der Waals surface area contributed by atoms with Crippen molar-refractivity contribution < 1.29 is 4.79 Å². The van der Waals surface area contributed by atoms with Crippen LogP contribution in [0.4, 0.5) is 0 Å². The second kappa shape index (κ2) is 6.30. The van der Waals surface area contributed by atoms with Gasteiger partial charge in [0.1, 0.15) is 0 Å². The van der Waals surface area contributed by atoms with E-state index in [4.69, 9.17) is 0 Å². The summed E-state index contributed by atoms with van der Waals surface area (Å²) >= 11 is 0. The molecule has 3 heteroatoms. The molecule has 0 saturated carbocycles. The predicted octanol–water partition coefficient (Wildman–Crippen LogP) is 2.53. The standard InChI is InChI=1S/C17H28N2O/c1-18-10-7-14(8-11-18)16-9-12-19(13-16)17(20)15-5-3-2-4-6-15/h2-3,14-16H,4-13H2,1H3. The molecule has 2 fully saturated rings. The van der Waals surface area contributed by atoms with E-state index in [2.05, 4.69) is 29.0 Å². The largest absolute Gasteiger partial charge is 0.342 e. The Bertz CT molecular complexity index is 371. The molecule has 2 saturated heterocycles. The third kappa shape index (κ3) is 3.08. The molecule has 2 heterocycles. The molecule has 2 unspecified atom stereocenters. The monoisotopic (exact) mass is 276 g/mol. The third-order valence-corrected chi connectivity index (χ3v) is 5.58. The van der Waals surface area contributed by atoms with Crippen molar-refractivity contribution >= 4 is 5.91 Å². The lowest BCUT2D eigenvalue weighted by atomic mass is 9.84. The quantitative estimate of drug-likeness (QED) is 0.724.